The molecule has 0 bridgehead atoms. The number of amides is 1. The van der Waals surface area contributed by atoms with Gasteiger partial charge in [0, 0.05) is 44.1 Å². The van der Waals surface area contributed by atoms with Gasteiger partial charge >= 0.3 is 0 Å². The number of benzene rings is 1. The molecule has 1 amide bonds. The molecule has 6 heteroatoms. The van der Waals surface area contributed by atoms with Gasteiger partial charge in [-0.3, -0.25) is 4.79 Å². The van der Waals surface area contributed by atoms with Gasteiger partial charge in [-0.25, -0.2) is 9.97 Å². The SMILES string of the molecule is CCC1CCCCN1C(=O)c1cc(Nc2ccc(N(C)C)cc2)nc(C)n1. The van der Waals surface area contributed by atoms with Crippen LogP contribution in [0.25, 0.3) is 0 Å². The van der Waals surface area contributed by atoms with Crippen molar-refractivity contribution in [2.45, 2.75) is 45.6 Å². The lowest BCUT2D eigenvalue weighted by Crippen LogP contribution is -2.43. The molecule has 0 spiro atoms. The first-order valence-electron chi connectivity index (χ1n) is 9.69. The van der Waals surface area contributed by atoms with Gasteiger partial charge in [0.2, 0.25) is 0 Å². The summed E-state index contributed by atoms with van der Waals surface area (Å²) in [5.74, 6) is 1.25. The fourth-order valence-electron chi connectivity index (χ4n) is 3.57. The van der Waals surface area contributed by atoms with Crippen LogP contribution in [0, 0.1) is 6.92 Å². The molecule has 6 nitrogen and oxygen atoms in total. The van der Waals surface area contributed by atoms with Crippen LogP contribution < -0.4 is 10.2 Å². The summed E-state index contributed by atoms with van der Waals surface area (Å²) < 4.78 is 0. The monoisotopic (exact) mass is 367 g/mol. The van der Waals surface area contributed by atoms with Crippen molar-refractivity contribution in [3.05, 3.63) is 41.9 Å². The Hall–Kier alpha value is -2.63. The summed E-state index contributed by atoms with van der Waals surface area (Å²) in [5, 5.41) is 3.29. The average molecular weight is 367 g/mol. The van der Waals surface area contributed by atoms with Gasteiger partial charge in [0.25, 0.3) is 5.91 Å². The van der Waals surface area contributed by atoms with E-state index in [4.69, 9.17) is 0 Å². The topological polar surface area (TPSA) is 61.4 Å². The lowest BCUT2D eigenvalue weighted by Gasteiger charge is -2.35. The van der Waals surface area contributed by atoms with Crippen LogP contribution >= 0.6 is 0 Å². The molecule has 0 aliphatic carbocycles. The number of nitrogens with zero attached hydrogens (tertiary/aromatic N) is 4. The summed E-state index contributed by atoms with van der Waals surface area (Å²) in [4.78, 5) is 25.9. The normalized spacial score (nSPS) is 16.9. The molecule has 2 heterocycles. The lowest BCUT2D eigenvalue weighted by atomic mass is 9.99. The molecule has 144 valence electrons. The number of rotatable bonds is 5. The molecular formula is C21H29N5O. The summed E-state index contributed by atoms with van der Waals surface area (Å²) in [6.45, 7) is 4.78. The summed E-state index contributed by atoms with van der Waals surface area (Å²) in [6.07, 6.45) is 4.32. The van der Waals surface area contributed by atoms with E-state index in [0.717, 1.165) is 37.2 Å². The molecule has 2 aromatic rings. The van der Waals surface area contributed by atoms with E-state index in [0.29, 0.717) is 23.4 Å². The van der Waals surface area contributed by atoms with E-state index in [1.165, 1.54) is 6.42 Å². The number of aromatic nitrogens is 2. The number of anilines is 3. The minimum absolute atomic E-state index is 0.0121. The van der Waals surface area contributed by atoms with E-state index in [-0.39, 0.29) is 5.91 Å². The second-order valence-electron chi connectivity index (χ2n) is 7.31. The van der Waals surface area contributed by atoms with Gasteiger partial charge in [-0.05, 0) is 56.9 Å². The van der Waals surface area contributed by atoms with E-state index in [2.05, 4.69) is 27.1 Å². The zero-order chi connectivity index (χ0) is 19.4. The average Bonchev–Trinajstić information content (AvgIpc) is 2.67. The molecule has 1 aromatic heterocycles. The third kappa shape index (κ3) is 4.56. The first-order valence-corrected chi connectivity index (χ1v) is 9.69. The molecule has 1 aliphatic heterocycles. The molecule has 1 saturated heterocycles. The number of hydrogen-bond acceptors (Lipinski definition) is 5. The third-order valence-corrected chi connectivity index (χ3v) is 5.07. The first-order chi connectivity index (χ1) is 13.0. The first kappa shape index (κ1) is 19.1. The molecule has 1 aliphatic rings. The van der Waals surface area contributed by atoms with Gasteiger partial charge in [-0.2, -0.15) is 0 Å². The van der Waals surface area contributed by atoms with Crippen molar-refractivity contribution in [2.24, 2.45) is 0 Å². The number of piperidine rings is 1. The number of carbonyl (C=O) groups is 1. The maximum absolute atomic E-state index is 13.0. The zero-order valence-electron chi connectivity index (χ0n) is 16.7. The van der Waals surface area contributed by atoms with Gasteiger partial charge < -0.3 is 15.1 Å². The molecule has 0 saturated carbocycles. The Labute approximate surface area is 161 Å². The van der Waals surface area contributed by atoms with Crippen LogP contribution in [0.5, 0.6) is 0 Å². The van der Waals surface area contributed by atoms with Gasteiger partial charge in [-0.15, -0.1) is 0 Å². The van der Waals surface area contributed by atoms with Gasteiger partial charge in [0.15, 0.2) is 0 Å². The Bertz CT molecular complexity index is 788. The number of likely N-dealkylation sites (tertiary alicyclic amines) is 1. The minimum Gasteiger partial charge on any atom is -0.378 e. The molecule has 1 aromatic carbocycles. The Balaban J connectivity index is 1.80. The van der Waals surface area contributed by atoms with E-state index < -0.39 is 0 Å². The Morgan fingerprint density at radius 2 is 1.96 bits per heavy atom. The predicted octanol–water partition coefficient (Wildman–Crippen LogP) is 4.00. The molecule has 3 rings (SSSR count). The zero-order valence-corrected chi connectivity index (χ0v) is 16.7. The van der Waals surface area contributed by atoms with Gasteiger partial charge in [-0.1, -0.05) is 6.92 Å². The quantitative estimate of drug-likeness (QED) is 0.865. The maximum Gasteiger partial charge on any atom is 0.272 e. The smallest absolute Gasteiger partial charge is 0.272 e. The maximum atomic E-state index is 13.0. The molecule has 1 unspecified atom stereocenters. The van der Waals surface area contributed by atoms with Crippen LogP contribution in [0.2, 0.25) is 0 Å². The molecule has 1 atom stereocenters. The second kappa shape index (κ2) is 8.37. The standard InChI is InChI=1S/C21H29N5O/c1-5-17-8-6-7-13-26(17)21(27)19-14-20(23-15(2)22-19)24-16-9-11-18(12-10-16)25(3)4/h9-12,14,17H,5-8,13H2,1-4H3,(H,22,23,24). The molecule has 1 N–H and O–H groups in total. The lowest BCUT2D eigenvalue weighted by molar-refractivity contribution is 0.0601. The van der Waals surface area contributed by atoms with Crippen LogP contribution in [0.1, 0.15) is 48.9 Å². The van der Waals surface area contributed by atoms with Crippen LogP contribution in [0.15, 0.2) is 30.3 Å². The van der Waals surface area contributed by atoms with E-state index in [1.54, 1.807) is 6.07 Å². The van der Waals surface area contributed by atoms with Crippen LogP contribution in [-0.4, -0.2) is 47.5 Å². The van der Waals surface area contributed by atoms with Crippen LogP contribution in [-0.2, 0) is 0 Å². The van der Waals surface area contributed by atoms with E-state index in [9.17, 15) is 4.79 Å². The van der Waals surface area contributed by atoms with Crippen molar-refractivity contribution < 1.29 is 4.79 Å². The van der Waals surface area contributed by atoms with Crippen molar-refractivity contribution in [1.29, 1.82) is 0 Å². The van der Waals surface area contributed by atoms with E-state index in [1.807, 2.05) is 50.2 Å². The van der Waals surface area contributed by atoms with Crippen molar-refractivity contribution in [2.75, 3.05) is 30.9 Å². The van der Waals surface area contributed by atoms with Gasteiger partial charge in [0.05, 0.1) is 0 Å². The van der Waals surface area contributed by atoms with Gasteiger partial charge in [0.1, 0.15) is 17.3 Å². The Kier molecular flexibility index (Phi) is 5.94. The number of hydrogen-bond donors (Lipinski definition) is 1. The molecule has 0 radical (unpaired) electrons. The second-order valence-corrected chi connectivity index (χ2v) is 7.31. The minimum atomic E-state index is 0.0121. The Morgan fingerprint density at radius 1 is 1.22 bits per heavy atom. The Morgan fingerprint density at radius 3 is 2.63 bits per heavy atom. The van der Waals surface area contributed by atoms with Crippen LogP contribution in [0.3, 0.4) is 0 Å². The highest BCUT2D eigenvalue weighted by atomic mass is 16.2. The highest BCUT2D eigenvalue weighted by Gasteiger charge is 2.27. The highest BCUT2D eigenvalue weighted by Crippen LogP contribution is 2.23. The number of carbonyl (C=O) groups excluding carboxylic acids is 1. The summed E-state index contributed by atoms with van der Waals surface area (Å²) in [5.41, 5.74) is 2.53. The van der Waals surface area contributed by atoms with Crippen molar-refractivity contribution in [1.82, 2.24) is 14.9 Å². The largest absolute Gasteiger partial charge is 0.378 e. The summed E-state index contributed by atoms with van der Waals surface area (Å²) in [6, 6.07) is 10.2. The number of nitrogens with one attached hydrogen (secondary N) is 1. The third-order valence-electron chi connectivity index (χ3n) is 5.07. The molecule has 1 fully saturated rings. The van der Waals surface area contributed by atoms with Crippen LogP contribution in [0.4, 0.5) is 17.2 Å². The van der Waals surface area contributed by atoms with E-state index >= 15 is 0 Å². The molecular weight excluding hydrogens is 338 g/mol. The number of aryl methyl sites for hydroxylation is 1. The molecule has 27 heavy (non-hydrogen) atoms. The summed E-state index contributed by atoms with van der Waals surface area (Å²) in [7, 11) is 4.02. The van der Waals surface area contributed by atoms with Crippen molar-refractivity contribution in [3.8, 4) is 0 Å². The fourth-order valence-corrected chi connectivity index (χ4v) is 3.57. The highest BCUT2D eigenvalue weighted by molar-refractivity contribution is 5.93. The summed E-state index contributed by atoms with van der Waals surface area (Å²) >= 11 is 0. The predicted molar refractivity (Wildman–Crippen MR) is 110 cm³/mol. The van der Waals surface area contributed by atoms with Crippen molar-refractivity contribution >= 4 is 23.1 Å². The fraction of sp³-hybridized carbons (Fsp3) is 0.476. The van der Waals surface area contributed by atoms with Crippen molar-refractivity contribution in [3.63, 3.8) is 0 Å².